The van der Waals surface area contributed by atoms with E-state index in [1.54, 1.807) is 41.3 Å². The molecule has 0 bridgehead atoms. The van der Waals surface area contributed by atoms with E-state index >= 15 is 0 Å². The maximum absolute atomic E-state index is 12.9. The fourth-order valence-corrected chi connectivity index (χ4v) is 5.22. The van der Waals surface area contributed by atoms with Gasteiger partial charge < -0.3 is 25.4 Å². The van der Waals surface area contributed by atoms with Gasteiger partial charge in [0, 0.05) is 29.2 Å². The molecule has 12 heteroatoms. The van der Waals surface area contributed by atoms with Gasteiger partial charge in [0.15, 0.2) is 17.1 Å². The molecule has 3 N–H and O–H groups in total. The van der Waals surface area contributed by atoms with Gasteiger partial charge in [0.1, 0.15) is 17.8 Å². The van der Waals surface area contributed by atoms with Crippen molar-refractivity contribution in [2.75, 3.05) is 30.9 Å². The highest BCUT2D eigenvalue weighted by molar-refractivity contribution is 6.31. The minimum Gasteiger partial charge on any atom is -0.453 e. The molecule has 2 aliphatic heterocycles. The zero-order valence-electron chi connectivity index (χ0n) is 20.8. The first kappa shape index (κ1) is 24.7. The molecule has 0 saturated carbocycles. The Kier molecular flexibility index (Phi) is 6.27. The van der Waals surface area contributed by atoms with Crippen molar-refractivity contribution in [2.24, 2.45) is 0 Å². The molecule has 198 valence electrons. The Morgan fingerprint density at radius 2 is 2.03 bits per heavy atom. The molecular formula is C27H24ClN7O4. The Morgan fingerprint density at radius 3 is 2.85 bits per heavy atom. The van der Waals surface area contributed by atoms with Gasteiger partial charge in [-0.2, -0.15) is 5.10 Å². The topological polar surface area (TPSA) is 137 Å². The summed E-state index contributed by atoms with van der Waals surface area (Å²) in [6, 6.07) is 10.0. The molecule has 2 aromatic carbocycles. The number of anilines is 2. The molecular weight excluding hydrogens is 522 g/mol. The summed E-state index contributed by atoms with van der Waals surface area (Å²) in [7, 11) is 0. The molecule has 0 aliphatic carbocycles. The predicted octanol–water partition coefficient (Wildman–Crippen LogP) is 4.06. The Morgan fingerprint density at radius 1 is 1.18 bits per heavy atom. The standard InChI is InChI=1S/C27H24ClN7O4/c1-2-20(36)34-10-4-7-17(12-34)35-26-21(25(29)30-13-31-26)22(33-35)18-8-9-19(24-23(18)38-14-39-24)32-27(37)15-5-3-6-16(28)11-15/h2-3,5-6,8-9,11,13,17H,1,4,7,10,12,14H2,(H,32,37)(H2,29,30,31)/t17-/m1/s1. The number of amides is 2. The van der Waals surface area contributed by atoms with Crippen LogP contribution in [0.4, 0.5) is 11.5 Å². The van der Waals surface area contributed by atoms with Crippen LogP contribution in [0, 0.1) is 0 Å². The zero-order chi connectivity index (χ0) is 27.1. The van der Waals surface area contributed by atoms with Crippen molar-refractivity contribution in [3.63, 3.8) is 0 Å². The predicted molar refractivity (Wildman–Crippen MR) is 146 cm³/mol. The van der Waals surface area contributed by atoms with E-state index in [-0.39, 0.29) is 30.5 Å². The number of fused-ring (bicyclic) bond motifs is 2. The van der Waals surface area contributed by atoms with E-state index in [2.05, 4.69) is 21.9 Å². The molecule has 6 rings (SSSR count). The molecule has 1 saturated heterocycles. The number of ether oxygens (including phenoxy) is 2. The SMILES string of the molecule is C=CC(=O)N1CCC[C@@H](n2nc(-c3ccc(NC(=O)c4cccc(Cl)c4)c4c3OCO4)c3c(N)ncnc32)C1. The maximum atomic E-state index is 12.9. The minimum absolute atomic E-state index is 0.0295. The van der Waals surface area contributed by atoms with Crippen LogP contribution in [-0.4, -0.2) is 56.3 Å². The highest BCUT2D eigenvalue weighted by atomic mass is 35.5. The van der Waals surface area contributed by atoms with Crippen molar-refractivity contribution >= 4 is 46.0 Å². The number of rotatable bonds is 5. The van der Waals surface area contributed by atoms with Crippen molar-refractivity contribution in [1.82, 2.24) is 24.6 Å². The summed E-state index contributed by atoms with van der Waals surface area (Å²) in [6.07, 6.45) is 4.35. The van der Waals surface area contributed by atoms with Crippen LogP contribution in [0.15, 0.2) is 55.4 Å². The monoisotopic (exact) mass is 545 g/mol. The lowest BCUT2D eigenvalue weighted by molar-refractivity contribution is -0.127. The van der Waals surface area contributed by atoms with Gasteiger partial charge >= 0.3 is 0 Å². The van der Waals surface area contributed by atoms with Crippen LogP contribution in [0.1, 0.15) is 29.2 Å². The number of benzene rings is 2. The Labute approximate surface area is 228 Å². The molecule has 0 radical (unpaired) electrons. The summed E-state index contributed by atoms with van der Waals surface area (Å²) >= 11 is 6.05. The van der Waals surface area contributed by atoms with Crippen molar-refractivity contribution in [3.8, 4) is 22.8 Å². The van der Waals surface area contributed by atoms with Gasteiger partial charge in [-0.1, -0.05) is 24.2 Å². The first-order chi connectivity index (χ1) is 18.9. The number of halogens is 1. The second-order valence-electron chi connectivity index (χ2n) is 9.23. The average Bonchev–Trinajstić information content (AvgIpc) is 3.60. The lowest BCUT2D eigenvalue weighted by Crippen LogP contribution is -2.40. The summed E-state index contributed by atoms with van der Waals surface area (Å²) in [4.78, 5) is 35.6. The molecule has 0 spiro atoms. The molecule has 39 heavy (non-hydrogen) atoms. The Balaban J connectivity index is 1.41. The maximum Gasteiger partial charge on any atom is 0.255 e. The third-order valence-electron chi connectivity index (χ3n) is 6.86. The summed E-state index contributed by atoms with van der Waals surface area (Å²) < 4.78 is 13.4. The third kappa shape index (κ3) is 4.40. The van der Waals surface area contributed by atoms with Crippen molar-refractivity contribution < 1.29 is 19.1 Å². The summed E-state index contributed by atoms with van der Waals surface area (Å²) in [5.74, 6) is 0.597. The second-order valence-corrected chi connectivity index (χ2v) is 9.66. The van der Waals surface area contributed by atoms with Crippen LogP contribution in [0.2, 0.25) is 5.02 Å². The number of carbonyl (C=O) groups is 2. The second kappa shape index (κ2) is 9.91. The quantitative estimate of drug-likeness (QED) is 0.358. The smallest absolute Gasteiger partial charge is 0.255 e. The average molecular weight is 546 g/mol. The van der Waals surface area contributed by atoms with Crippen LogP contribution >= 0.6 is 11.6 Å². The van der Waals surface area contributed by atoms with Crippen molar-refractivity contribution in [2.45, 2.75) is 18.9 Å². The fraction of sp³-hybridized carbons (Fsp3) is 0.222. The van der Waals surface area contributed by atoms with Crippen LogP contribution in [0.25, 0.3) is 22.3 Å². The van der Waals surface area contributed by atoms with E-state index < -0.39 is 0 Å². The number of likely N-dealkylation sites (tertiary alicyclic amines) is 1. The first-order valence-electron chi connectivity index (χ1n) is 12.3. The molecule has 11 nitrogen and oxygen atoms in total. The number of nitrogens with zero attached hydrogens (tertiary/aromatic N) is 5. The third-order valence-corrected chi connectivity index (χ3v) is 7.09. The van der Waals surface area contributed by atoms with Crippen LogP contribution in [-0.2, 0) is 4.79 Å². The van der Waals surface area contributed by atoms with Crippen molar-refractivity contribution in [1.29, 1.82) is 0 Å². The van der Waals surface area contributed by atoms with Gasteiger partial charge in [0.05, 0.1) is 17.1 Å². The summed E-state index contributed by atoms with van der Waals surface area (Å²) in [6.45, 7) is 4.71. The van der Waals surface area contributed by atoms with Gasteiger partial charge in [-0.3, -0.25) is 9.59 Å². The molecule has 2 aliphatic rings. The number of hydrogen-bond acceptors (Lipinski definition) is 8. The lowest BCUT2D eigenvalue weighted by Gasteiger charge is -2.32. The van der Waals surface area contributed by atoms with E-state index in [0.29, 0.717) is 63.2 Å². The van der Waals surface area contributed by atoms with Gasteiger partial charge in [0.25, 0.3) is 5.91 Å². The number of piperidine rings is 1. The number of hydrogen-bond donors (Lipinski definition) is 2. The van der Waals surface area contributed by atoms with E-state index in [9.17, 15) is 9.59 Å². The van der Waals surface area contributed by atoms with Crippen LogP contribution < -0.4 is 20.5 Å². The van der Waals surface area contributed by atoms with E-state index in [1.807, 2.05) is 4.68 Å². The number of nitrogens with two attached hydrogens (primary N) is 1. The zero-order valence-corrected chi connectivity index (χ0v) is 21.5. The summed E-state index contributed by atoms with van der Waals surface area (Å²) in [5.41, 5.74) is 8.87. The molecule has 4 heterocycles. The van der Waals surface area contributed by atoms with E-state index in [4.69, 9.17) is 31.9 Å². The number of aromatic nitrogens is 4. The minimum atomic E-state index is -0.341. The van der Waals surface area contributed by atoms with Crippen molar-refractivity contribution in [3.05, 3.63) is 66.0 Å². The number of nitrogen functional groups attached to an aromatic ring is 1. The fourth-order valence-electron chi connectivity index (χ4n) is 5.03. The lowest BCUT2D eigenvalue weighted by atomic mass is 10.1. The van der Waals surface area contributed by atoms with Crippen LogP contribution in [0.3, 0.4) is 0 Å². The summed E-state index contributed by atoms with van der Waals surface area (Å²) in [5, 5.41) is 8.82. The highest BCUT2D eigenvalue weighted by Gasteiger charge is 2.31. The molecule has 1 atom stereocenters. The molecule has 0 unspecified atom stereocenters. The normalized spacial score (nSPS) is 16.3. The Hall–Kier alpha value is -4.64. The molecule has 4 aromatic rings. The van der Waals surface area contributed by atoms with Gasteiger partial charge in [-0.15, -0.1) is 0 Å². The van der Waals surface area contributed by atoms with Gasteiger partial charge in [-0.05, 0) is 49.2 Å². The molecule has 2 amide bonds. The van der Waals surface area contributed by atoms with E-state index in [0.717, 1.165) is 12.8 Å². The molecule has 2 aromatic heterocycles. The Bertz CT molecular complexity index is 1640. The van der Waals surface area contributed by atoms with Gasteiger partial charge in [-0.25, -0.2) is 14.6 Å². The van der Waals surface area contributed by atoms with E-state index in [1.165, 1.54) is 12.4 Å². The number of carbonyl (C=O) groups excluding carboxylic acids is 2. The largest absolute Gasteiger partial charge is 0.453 e. The van der Waals surface area contributed by atoms with Crippen LogP contribution in [0.5, 0.6) is 11.5 Å². The van der Waals surface area contributed by atoms with Gasteiger partial charge in [0.2, 0.25) is 12.7 Å². The number of nitrogens with one attached hydrogen (secondary N) is 1. The first-order valence-corrected chi connectivity index (χ1v) is 12.7. The molecule has 1 fully saturated rings. The highest BCUT2D eigenvalue weighted by Crippen LogP contribution is 2.48.